The maximum atomic E-state index is 11.5. The fourth-order valence-corrected chi connectivity index (χ4v) is 1.48. The van der Waals surface area contributed by atoms with Crippen LogP contribution in [0.2, 0.25) is 0 Å². The molecule has 0 amide bonds. The maximum Gasteiger partial charge on any atom is 0.139 e. The number of carbonyl (C=O) groups is 2. The van der Waals surface area contributed by atoms with Gasteiger partial charge in [-0.05, 0) is 0 Å². The molecule has 0 bridgehead atoms. The van der Waals surface area contributed by atoms with Crippen LogP contribution in [0, 0.1) is 10.8 Å². The van der Waals surface area contributed by atoms with Gasteiger partial charge in [0.05, 0.1) is 0 Å². The minimum atomic E-state index is -0.424. The van der Waals surface area contributed by atoms with Crippen molar-refractivity contribution in [2.75, 3.05) is 0 Å². The molecule has 1 saturated carbocycles. The molecule has 12 heavy (non-hydrogen) atoms. The van der Waals surface area contributed by atoms with Crippen molar-refractivity contribution in [2.45, 2.75) is 40.5 Å². The molecule has 1 rings (SSSR count). The Morgan fingerprint density at radius 3 is 1.33 bits per heavy atom. The molecule has 0 N–H and O–H groups in total. The summed E-state index contributed by atoms with van der Waals surface area (Å²) in [6.45, 7) is 7.40. The van der Waals surface area contributed by atoms with Gasteiger partial charge in [0, 0.05) is 23.7 Å². The fraction of sp³-hybridized carbons (Fsp3) is 0.800. The van der Waals surface area contributed by atoms with Gasteiger partial charge < -0.3 is 0 Å². The topological polar surface area (TPSA) is 34.1 Å². The van der Waals surface area contributed by atoms with Crippen LogP contribution in [0.4, 0.5) is 0 Å². The minimum Gasteiger partial charge on any atom is -0.299 e. The second-order valence-electron chi connectivity index (χ2n) is 4.97. The van der Waals surface area contributed by atoms with Crippen molar-refractivity contribution >= 4 is 11.6 Å². The van der Waals surface area contributed by atoms with Crippen LogP contribution in [-0.2, 0) is 9.59 Å². The van der Waals surface area contributed by atoms with Crippen LogP contribution in [0.25, 0.3) is 0 Å². The van der Waals surface area contributed by atoms with E-state index >= 15 is 0 Å². The maximum absolute atomic E-state index is 11.5. The van der Waals surface area contributed by atoms with Crippen molar-refractivity contribution < 1.29 is 9.59 Å². The standard InChI is InChI=1S/C10H16O2/c1-9(2)5-8(12)10(3,4)6-7(9)11/h5-6H2,1-4H3. The van der Waals surface area contributed by atoms with Crippen molar-refractivity contribution in [2.24, 2.45) is 10.8 Å². The largest absolute Gasteiger partial charge is 0.299 e. The Bertz CT molecular complexity index is 210. The predicted molar refractivity (Wildman–Crippen MR) is 46.8 cm³/mol. The molecule has 68 valence electrons. The Balaban J connectivity index is 2.91. The molecule has 1 aliphatic rings. The highest BCUT2D eigenvalue weighted by molar-refractivity contribution is 6.00. The predicted octanol–water partition coefficient (Wildman–Crippen LogP) is 1.97. The molecule has 0 spiro atoms. The van der Waals surface area contributed by atoms with Gasteiger partial charge in [-0.1, -0.05) is 27.7 Å². The molecule has 0 aromatic heterocycles. The van der Waals surface area contributed by atoms with Crippen molar-refractivity contribution in [1.29, 1.82) is 0 Å². The van der Waals surface area contributed by atoms with Crippen LogP contribution in [0.15, 0.2) is 0 Å². The Morgan fingerprint density at radius 1 is 0.833 bits per heavy atom. The molecule has 0 aromatic rings. The van der Waals surface area contributed by atoms with Crippen LogP contribution in [0.3, 0.4) is 0 Å². The lowest BCUT2D eigenvalue weighted by Gasteiger charge is -2.36. The summed E-state index contributed by atoms with van der Waals surface area (Å²) in [5.74, 6) is 0.430. The van der Waals surface area contributed by atoms with Crippen LogP contribution in [0.1, 0.15) is 40.5 Å². The molecule has 0 aromatic carbocycles. The van der Waals surface area contributed by atoms with Gasteiger partial charge in [0.25, 0.3) is 0 Å². The lowest BCUT2D eigenvalue weighted by molar-refractivity contribution is -0.145. The van der Waals surface area contributed by atoms with Crippen molar-refractivity contribution in [1.82, 2.24) is 0 Å². The number of Topliss-reactive ketones (excluding diaryl/α,β-unsaturated/α-hetero) is 2. The van der Waals surface area contributed by atoms with E-state index in [1.807, 2.05) is 27.7 Å². The first kappa shape index (κ1) is 9.43. The van der Waals surface area contributed by atoms with Crippen LogP contribution in [-0.4, -0.2) is 11.6 Å². The molecule has 0 radical (unpaired) electrons. The minimum absolute atomic E-state index is 0.215. The van der Waals surface area contributed by atoms with Gasteiger partial charge in [-0.3, -0.25) is 9.59 Å². The van der Waals surface area contributed by atoms with E-state index in [1.165, 1.54) is 0 Å². The van der Waals surface area contributed by atoms with E-state index in [0.717, 1.165) is 0 Å². The van der Waals surface area contributed by atoms with E-state index < -0.39 is 10.8 Å². The van der Waals surface area contributed by atoms with Gasteiger partial charge in [0.15, 0.2) is 0 Å². The molecule has 0 aliphatic heterocycles. The lowest BCUT2D eigenvalue weighted by atomic mass is 9.65. The SMILES string of the molecule is CC1(C)CC(=O)C(C)(C)CC1=O. The molecule has 0 unspecified atom stereocenters. The second-order valence-corrected chi connectivity index (χ2v) is 4.97. The number of ketones is 2. The Kier molecular flexibility index (Phi) is 1.89. The molecule has 1 aliphatic carbocycles. The van der Waals surface area contributed by atoms with Gasteiger partial charge in [0.2, 0.25) is 0 Å². The fourth-order valence-electron chi connectivity index (χ4n) is 1.48. The third-order valence-electron chi connectivity index (χ3n) is 2.71. The highest BCUT2D eigenvalue weighted by Gasteiger charge is 2.44. The van der Waals surface area contributed by atoms with Gasteiger partial charge in [-0.25, -0.2) is 0 Å². The van der Waals surface area contributed by atoms with Crippen molar-refractivity contribution in [3.63, 3.8) is 0 Å². The van der Waals surface area contributed by atoms with E-state index in [9.17, 15) is 9.59 Å². The quantitative estimate of drug-likeness (QED) is 0.554. The van der Waals surface area contributed by atoms with Crippen molar-refractivity contribution in [3.8, 4) is 0 Å². The third-order valence-corrected chi connectivity index (χ3v) is 2.71. The molecule has 2 nitrogen and oxygen atoms in total. The first-order valence-corrected chi connectivity index (χ1v) is 4.32. The molecule has 0 heterocycles. The molecule has 0 atom stereocenters. The van der Waals surface area contributed by atoms with Gasteiger partial charge in [0.1, 0.15) is 11.6 Å². The van der Waals surface area contributed by atoms with E-state index in [0.29, 0.717) is 12.8 Å². The van der Waals surface area contributed by atoms with Crippen LogP contribution >= 0.6 is 0 Å². The Labute approximate surface area is 73.3 Å². The van der Waals surface area contributed by atoms with Crippen LogP contribution in [0.5, 0.6) is 0 Å². The Morgan fingerprint density at radius 2 is 1.08 bits per heavy atom. The number of hydrogen-bond donors (Lipinski definition) is 0. The van der Waals surface area contributed by atoms with Crippen LogP contribution < -0.4 is 0 Å². The van der Waals surface area contributed by atoms with E-state index in [-0.39, 0.29) is 11.6 Å². The summed E-state index contributed by atoms with van der Waals surface area (Å²) in [6, 6.07) is 0. The molecular formula is C10H16O2. The summed E-state index contributed by atoms with van der Waals surface area (Å²) in [5.41, 5.74) is -0.848. The molecule has 1 fully saturated rings. The van der Waals surface area contributed by atoms with Gasteiger partial charge in [-0.15, -0.1) is 0 Å². The van der Waals surface area contributed by atoms with E-state index in [1.54, 1.807) is 0 Å². The molecule has 0 saturated heterocycles. The average Bonchev–Trinajstić information content (AvgIpc) is 1.82. The highest BCUT2D eigenvalue weighted by atomic mass is 16.1. The zero-order chi connectivity index (χ0) is 9.57. The second kappa shape index (κ2) is 2.41. The van der Waals surface area contributed by atoms with Gasteiger partial charge in [-0.2, -0.15) is 0 Å². The highest BCUT2D eigenvalue weighted by Crippen LogP contribution is 2.39. The average molecular weight is 168 g/mol. The van der Waals surface area contributed by atoms with Gasteiger partial charge >= 0.3 is 0 Å². The van der Waals surface area contributed by atoms with E-state index in [2.05, 4.69) is 0 Å². The smallest absolute Gasteiger partial charge is 0.139 e. The van der Waals surface area contributed by atoms with E-state index in [4.69, 9.17) is 0 Å². The number of rotatable bonds is 0. The van der Waals surface area contributed by atoms with Crippen molar-refractivity contribution in [3.05, 3.63) is 0 Å². The summed E-state index contributed by atoms with van der Waals surface area (Å²) in [7, 11) is 0. The first-order chi connectivity index (χ1) is 5.26. The first-order valence-electron chi connectivity index (χ1n) is 4.32. The summed E-state index contributed by atoms with van der Waals surface area (Å²) in [4.78, 5) is 23.0. The molecular weight excluding hydrogens is 152 g/mol. The summed E-state index contributed by atoms with van der Waals surface area (Å²) in [6.07, 6.45) is 0.803. The lowest BCUT2D eigenvalue weighted by Crippen LogP contribution is -2.42. The monoisotopic (exact) mass is 168 g/mol. The summed E-state index contributed by atoms with van der Waals surface area (Å²) in [5, 5.41) is 0. The number of carbonyl (C=O) groups excluding carboxylic acids is 2. The summed E-state index contributed by atoms with van der Waals surface area (Å²) < 4.78 is 0. The number of hydrogen-bond acceptors (Lipinski definition) is 2. The Hall–Kier alpha value is -0.660. The third kappa shape index (κ3) is 1.43. The zero-order valence-electron chi connectivity index (χ0n) is 8.23. The summed E-state index contributed by atoms with van der Waals surface area (Å²) >= 11 is 0. The zero-order valence-corrected chi connectivity index (χ0v) is 8.23. The normalized spacial score (nSPS) is 27.3. The molecule has 2 heteroatoms.